The number of amides is 1. The summed E-state index contributed by atoms with van der Waals surface area (Å²) in [5.41, 5.74) is 3.96. The third-order valence-electron chi connectivity index (χ3n) is 4.32. The van der Waals surface area contributed by atoms with E-state index in [1.165, 1.54) is 24.5 Å². The number of methoxy groups -OCH3 is 2. The average Bonchev–Trinajstić information content (AvgIpc) is 3.16. The van der Waals surface area contributed by atoms with Crippen molar-refractivity contribution in [1.29, 1.82) is 0 Å². The van der Waals surface area contributed by atoms with E-state index in [9.17, 15) is 9.59 Å². The van der Waals surface area contributed by atoms with Crippen LogP contribution < -0.4 is 10.1 Å². The highest BCUT2D eigenvalue weighted by molar-refractivity contribution is 7.15. The molecule has 29 heavy (non-hydrogen) atoms. The fourth-order valence-electron chi connectivity index (χ4n) is 2.74. The second kappa shape index (κ2) is 9.21. The van der Waals surface area contributed by atoms with Crippen molar-refractivity contribution in [3.8, 4) is 16.9 Å². The van der Waals surface area contributed by atoms with E-state index in [2.05, 4.69) is 5.32 Å². The zero-order chi connectivity index (χ0) is 20.8. The minimum absolute atomic E-state index is 0.330. The van der Waals surface area contributed by atoms with E-state index in [-0.39, 0.29) is 5.91 Å². The smallest absolute Gasteiger partial charge is 0.341 e. The van der Waals surface area contributed by atoms with Gasteiger partial charge < -0.3 is 14.8 Å². The molecule has 0 atom stereocenters. The van der Waals surface area contributed by atoms with Gasteiger partial charge in [-0.15, -0.1) is 11.3 Å². The number of aryl methyl sites for hydroxylation is 1. The number of benzene rings is 2. The van der Waals surface area contributed by atoms with E-state index in [1.54, 1.807) is 13.2 Å². The molecule has 5 nitrogen and oxygen atoms in total. The Morgan fingerprint density at radius 3 is 2.31 bits per heavy atom. The molecule has 0 unspecified atom stereocenters. The maximum Gasteiger partial charge on any atom is 0.341 e. The van der Waals surface area contributed by atoms with E-state index in [1.807, 2.05) is 60.8 Å². The molecule has 0 spiro atoms. The first-order valence-electron chi connectivity index (χ1n) is 8.91. The van der Waals surface area contributed by atoms with Crippen LogP contribution in [0.25, 0.3) is 17.2 Å². The van der Waals surface area contributed by atoms with Gasteiger partial charge in [-0.2, -0.15) is 0 Å². The van der Waals surface area contributed by atoms with Gasteiger partial charge in [0.2, 0.25) is 5.91 Å². The number of carbonyl (C=O) groups is 2. The molecule has 0 aliphatic rings. The molecule has 0 saturated carbocycles. The summed E-state index contributed by atoms with van der Waals surface area (Å²) in [7, 11) is 2.93. The van der Waals surface area contributed by atoms with Crippen LogP contribution in [0.4, 0.5) is 5.00 Å². The minimum atomic E-state index is -0.490. The average molecular weight is 407 g/mol. The first-order chi connectivity index (χ1) is 14.0. The number of ether oxygens (including phenoxy) is 2. The topological polar surface area (TPSA) is 64.6 Å². The van der Waals surface area contributed by atoms with Crippen LogP contribution in [0.2, 0.25) is 0 Å². The zero-order valence-corrected chi connectivity index (χ0v) is 17.2. The van der Waals surface area contributed by atoms with Crippen molar-refractivity contribution in [2.24, 2.45) is 0 Å². The number of rotatable bonds is 6. The molecule has 1 aromatic heterocycles. The molecule has 3 rings (SSSR count). The van der Waals surface area contributed by atoms with Crippen molar-refractivity contribution in [3.05, 3.63) is 76.7 Å². The summed E-state index contributed by atoms with van der Waals surface area (Å²) in [6.45, 7) is 2.00. The summed E-state index contributed by atoms with van der Waals surface area (Å²) in [6, 6.07) is 15.2. The van der Waals surface area contributed by atoms with Crippen LogP contribution in [0.5, 0.6) is 5.75 Å². The second-order valence-corrected chi connectivity index (χ2v) is 7.19. The highest BCUT2D eigenvalue weighted by Gasteiger charge is 2.21. The molecule has 0 fully saturated rings. The lowest BCUT2D eigenvalue weighted by atomic mass is 10.0. The molecule has 3 aromatic rings. The summed E-state index contributed by atoms with van der Waals surface area (Å²) in [5.74, 6) is -0.0731. The van der Waals surface area contributed by atoms with Gasteiger partial charge in [0.05, 0.1) is 14.2 Å². The third kappa shape index (κ3) is 4.92. The Hall–Kier alpha value is -3.38. The van der Waals surface area contributed by atoms with E-state index in [4.69, 9.17) is 9.47 Å². The number of hydrogen-bond donors (Lipinski definition) is 1. The molecule has 2 aromatic carbocycles. The van der Waals surface area contributed by atoms with E-state index in [0.29, 0.717) is 10.6 Å². The van der Waals surface area contributed by atoms with Crippen molar-refractivity contribution >= 4 is 34.3 Å². The quantitative estimate of drug-likeness (QED) is 0.452. The van der Waals surface area contributed by atoms with Gasteiger partial charge in [-0.05, 0) is 36.3 Å². The Kier molecular flexibility index (Phi) is 6.46. The van der Waals surface area contributed by atoms with Gasteiger partial charge in [0.1, 0.15) is 16.3 Å². The normalized spacial score (nSPS) is 10.7. The van der Waals surface area contributed by atoms with Crippen molar-refractivity contribution in [3.63, 3.8) is 0 Å². The van der Waals surface area contributed by atoms with E-state index >= 15 is 0 Å². The van der Waals surface area contributed by atoms with Gasteiger partial charge in [0.25, 0.3) is 0 Å². The van der Waals surface area contributed by atoms with E-state index < -0.39 is 5.97 Å². The molecule has 0 radical (unpaired) electrons. The largest absolute Gasteiger partial charge is 0.497 e. The molecule has 1 N–H and O–H groups in total. The zero-order valence-electron chi connectivity index (χ0n) is 16.4. The van der Waals surface area contributed by atoms with Gasteiger partial charge in [-0.25, -0.2) is 4.79 Å². The third-order valence-corrected chi connectivity index (χ3v) is 5.22. The molecule has 148 valence electrons. The lowest BCUT2D eigenvalue weighted by Crippen LogP contribution is -2.11. The monoisotopic (exact) mass is 407 g/mol. The molecule has 6 heteroatoms. The summed E-state index contributed by atoms with van der Waals surface area (Å²) >= 11 is 1.29. The molecule has 0 bridgehead atoms. The van der Waals surface area contributed by atoms with Crippen molar-refractivity contribution < 1.29 is 19.1 Å². The standard InChI is InChI=1S/C23H21NO4S/c1-15-4-9-17(10-5-15)19-14-29-22(21(19)23(26)28-3)24-20(25)13-8-16-6-11-18(27-2)12-7-16/h4-14H,1-3H3,(H,24,25)/b13-8+. The van der Waals surface area contributed by atoms with Crippen molar-refractivity contribution in [2.45, 2.75) is 6.92 Å². The Balaban J connectivity index is 1.82. The lowest BCUT2D eigenvalue weighted by molar-refractivity contribution is -0.111. The Morgan fingerprint density at radius 2 is 1.69 bits per heavy atom. The van der Waals surface area contributed by atoms with Gasteiger partial charge in [0.15, 0.2) is 0 Å². The van der Waals surface area contributed by atoms with Gasteiger partial charge in [0, 0.05) is 17.0 Å². The van der Waals surface area contributed by atoms with Gasteiger partial charge in [-0.1, -0.05) is 42.0 Å². The van der Waals surface area contributed by atoms with Crippen LogP contribution in [0.3, 0.4) is 0 Å². The Labute approximate surface area is 173 Å². The van der Waals surface area contributed by atoms with Gasteiger partial charge in [-0.3, -0.25) is 4.79 Å². The summed E-state index contributed by atoms with van der Waals surface area (Å²) in [6.07, 6.45) is 3.12. The second-order valence-electron chi connectivity index (χ2n) is 6.31. The number of carbonyl (C=O) groups excluding carboxylic acids is 2. The maximum absolute atomic E-state index is 12.4. The van der Waals surface area contributed by atoms with Crippen molar-refractivity contribution in [2.75, 3.05) is 19.5 Å². The van der Waals surface area contributed by atoms with Gasteiger partial charge >= 0.3 is 5.97 Å². The fourth-order valence-corrected chi connectivity index (χ4v) is 3.70. The summed E-state index contributed by atoms with van der Waals surface area (Å²) in [5, 5.41) is 5.09. The Morgan fingerprint density at radius 1 is 1.00 bits per heavy atom. The summed E-state index contributed by atoms with van der Waals surface area (Å²) in [4.78, 5) is 24.8. The highest BCUT2D eigenvalue weighted by atomic mass is 32.1. The van der Waals surface area contributed by atoms with Crippen LogP contribution >= 0.6 is 11.3 Å². The SMILES string of the molecule is COC(=O)c1c(-c2ccc(C)cc2)csc1NC(=O)/C=C/c1ccc(OC)cc1. The minimum Gasteiger partial charge on any atom is -0.497 e. The van der Waals surface area contributed by atoms with Crippen LogP contribution in [0.1, 0.15) is 21.5 Å². The Bertz CT molecular complexity index is 1030. The van der Waals surface area contributed by atoms with Crippen molar-refractivity contribution in [1.82, 2.24) is 0 Å². The number of nitrogens with one attached hydrogen (secondary N) is 1. The van der Waals surface area contributed by atoms with E-state index in [0.717, 1.165) is 28.0 Å². The van der Waals surface area contributed by atoms with Crippen LogP contribution in [-0.4, -0.2) is 26.1 Å². The molecule has 0 aliphatic heterocycles. The predicted octanol–water partition coefficient (Wildman–Crippen LogP) is 5.17. The molecular formula is C23H21NO4S. The molecule has 1 heterocycles. The molecule has 0 saturated heterocycles. The first-order valence-corrected chi connectivity index (χ1v) is 9.79. The number of anilines is 1. The lowest BCUT2D eigenvalue weighted by Gasteiger charge is -2.07. The number of hydrogen-bond acceptors (Lipinski definition) is 5. The number of esters is 1. The molecule has 1 amide bonds. The van der Waals surface area contributed by atoms with Crippen LogP contribution in [-0.2, 0) is 9.53 Å². The summed E-state index contributed by atoms with van der Waals surface area (Å²) < 4.78 is 10.1. The highest BCUT2D eigenvalue weighted by Crippen LogP contribution is 2.36. The molecular weight excluding hydrogens is 386 g/mol. The first kappa shape index (κ1) is 20.4. The number of thiophene rings is 1. The maximum atomic E-state index is 12.4. The van der Waals surface area contributed by atoms with Crippen LogP contribution in [0.15, 0.2) is 60.0 Å². The predicted molar refractivity (Wildman–Crippen MR) is 116 cm³/mol. The molecule has 0 aliphatic carbocycles. The fraction of sp³-hybridized carbons (Fsp3) is 0.130. The van der Waals surface area contributed by atoms with Crippen LogP contribution in [0, 0.1) is 6.92 Å².